The first-order chi connectivity index (χ1) is 9.08. The molecule has 7 nitrogen and oxygen atoms in total. The van der Waals surface area contributed by atoms with Gasteiger partial charge in [0.05, 0.1) is 5.56 Å². The highest BCUT2D eigenvalue weighted by Crippen LogP contribution is 2.16. The van der Waals surface area contributed by atoms with Crippen LogP contribution in [0.1, 0.15) is 16.1 Å². The third-order valence-corrected chi connectivity index (χ3v) is 3.12. The Kier molecular flexibility index (Phi) is 3.87. The van der Waals surface area contributed by atoms with Crippen molar-refractivity contribution in [2.75, 3.05) is 0 Å². The largest absolute Gasteiger partial charge is 0.507 e. The van der Waals surface area contributed by atoms with Crippen molar-refractivity contribution in [3.8, 4) is 5.75 Å². The molecule has 2 aromatic rings. The van der Waals surface area contributed by atoms with Crippen LogP contribution in [0.4, 0.5) is 0 Å². The molecule has 0 saturated carbocycles. The predicted molar refractivity (Wildman–Crippen MR) is 70.9 cm³/mol. The summed E-state index contributed by atoms with van der Waals surface area (Å²) >= 11 is 0. The maximum absolute atomic E-state index is 11.8. The fourth-order valence-corrected chi connectivity index (χ4v) is 1.94. The monoisotopic (exact) mass is 278 g/mol. The molecular formula is C11H11N4O3P. The molecule has 8 heteroatoms. The number of nitrogens with zero attached hydrogens (tertiary/aromatic N) is 2. The van der Waals surface area contributed by atoms with Crippen LogP contribution in [0.5, 0.6) is 5.75 Å². The average molecular weight is 278 g/mol. The second-order valence-electron chi connectivity index (χ2n) is 3.68. The van der Waals surface area contributed by atoms with E-state index < -0.39 is 5.91 Å². The van der Waals surface area contributed by atoms with Crippen molar-refractivity contribution in [2.45, 2.75) is 6.92 Å². The minimum atomic E-state index is -0.445. The van der Waals surface area contributed by atoms with Crippen molar-refractivity contribution >= 4 is 20.2 Å². The molecule has 19 heavy (non-hydrogen) atoms. The second-order valence-corrected chi connectivity index (χ2v) is 4.66. The summed E-state index contributed by atoms with van der Waals surface area (Å²) in [4.78, 5) is 25.6. The summed E-state index contributed by atoms with van der Waals surface area (Å²) in [5.41, 5.74) is 0.367. The number of rotatable bonds is 3. The first-order valence-corrected chi connectivity index (χ1v) is 6.36. The molecule has 1 aromatic heterocycles. The van der Waals surface area contributed by atoms with Gasteiger partial charge in [-0.2, -0.15) is 0 Å². The molecule has 0 aliphatic rings. The Morgan fingerprint density at radius 2 is 2.11 bits per heavy atom. The zero-order valence-corrected chi connectivity index (χ0v) is 11.0. The van der Waals surface area contributed by atoms with Gasteiger partial charge in [-0.3, -0.25) is 9.59 Å². The van der Waals surface area contributed by atoms with Gasteiger partial charge in [0.15, 0.2) is 5.57 Å². The van der Waals surface area contributed by atoms with Gasteiger partial charge in [-0.25, -0.2) is 0 Å². The van der Waals surface area contributed by atoms with Crippen LogP contribution < -0.4 is 16.2 Å². The van der Waals surface area contributed by atoms with Crippen molar-refractivity contribution in [1.82, 2.24) is 20.3 Å². The standard InChI is InChI=1S/C11H11N4O3P/c1-6-9(17)12-11(14-13-6)19-15-10(18)7-4-2-3-5-8(7)16/h2-5,16,19H,1H3,(H,15,18)(H,12,14,17). The highest BCUT2D eigenvalue weighted by atomic mass is 31.1. The summed E-state index contributed by atoms with van der Waals surface area (Å²) in [5, 5.41) is 19.5. The van der Waals surface area contributed by atoms with Gasteiger partial charge in [0.25, 0.3) is 11.5 Å². The minimum absolute atomic E-state index is 0.103. The molecule has 0 radical (unpaired) electrons. The molecule has 3 N–H and O–H groups in total. The number of amides is 1. The van der Waals surface area contributed by atoms with Crippen LogP contribution in [0, 0.1) is 6.92 Å². The lowest BCUT2D eigenvalue weighted by molar-refractivity contribution is 0.0981. The van der Waals surface area contributed by atoms with E-state index in [4.69, 9.17) is 0 Å². The average Bonchev–Trinajstić information content (AvgIpc) is 2.40. The number of aromatic nitrogens is 3. The first kappa shape index (κ1) is 13.2. The molecule has 0 bridgehead atoms. The molecule has 1 heterocycles. The van der Waals surface area contributed by atoms with E-state index in [-0.39, 0.29) is 36.9 Å². The highest BCUT2D eigenvalue weighted by Gasteiger charge is 2.10. The molecule has 1 unspecified atom stereocenters. The number of nitrogens with one attached hydrogen (secondary N) is 2. The molecule has 0 fully saturated rings. The van der Waals surface area contributed by atoms with Gasteiger partial charge in [0.2, 0.25) is 0 Å². The van der Waals surface area contributed by atoms with Crippen LogP contribution in [0.25, 0.3) is 0 Å². The summed E-state index contributed by atoms with van der Waals surface area (Å²) in [6.45, 7) is 1.54. The number of carbonyl (C=O) groups is 1. The van der Waals surface area contributed by atoms with Crippen LogP contribution >= 0.6 is 8.73 Å². The first-order valence-electron chi connectivity index (χ1n) is 5.36. The molecule has 1 atom stereocenters. The number of aryl methyl sites for hydroxylation is 1. The number of benzene rings is 1. The topological polar surface area (TPSA) is 108 Å². The quantitative estimate of drug-likeness (QED) is 0.675. The molecular weight excluding hydrogens is 267 g/mol. The van der Waals surface area contributed by atoms with Gasteiger partial charge < -0.3 is 15.2 Å². The number of hydrogen-bond donors (Lipinski definition) is 3. The number of phenols is 1. The van der Waals surface area contributed by atoms with Gasteiger partial charge in [-0.05, 0) is 19.1 Å². The maximum atomic E-state index is 11.8. The van der Waals surface area contributed by atoms with Crippen LogP contribution in [0.2, 0.25) is 0 Å². The van der Waals surface area contributed by atoms with E-state index in [1.54, 1.807) is 19.1 Å². The number of aromatic amines is 1. The third-order valence-electron chi connectivity index (χ3n) is 2.30. The lowest BCUT2D eigenvalue weighted by Crippen LogP contribution is -2.27. The number of hydrogen-bond acceptors (Lipinski definition) is 5. The van der Waals surface area contributed by atoms with Crippen molar-refractivity contribution < 1.29 is 9.90 Å². The second kappa shape index (κ2) is 5.58. The third kappa shape index (κ3) is 3.14. The Labute approximate surface area is 109 Å². The summed E-state index contributed by atoms with van der Waals surface area (Å²) in [6.07, 6.45) is 0. The zero-order chi connectivity index (χ0) is 13.8. The van der Waals surface area contributed by atoms with E-state index in [1.807, 2.05) is 0 Å². The van der Waals surface area contributed by atoms with Crippen LogP contribution in [0.15, 0.2) is 29.1 Å². The normalized spacial score (nSPS) is 10.8. The van der Waals surface area contributed by atoms with E-state index in [0.29, 0.717) is 0 Å². The van der Waals surface area contributed by atoms with E-state index in [1.165, 1.54) is 12.1 Å². The molecule has 0 aliphatic carbocycles. The number of carbonyl (C=O) groups excluding carboxylic acids is 1. The Morgan fingerprint density at radius 3 is 2.79 bits per heavy atom. The number of H-pyrrole nitrogens is 1. The minimum Gasteiger partial charge on any atom is -0.507 e. The van der Waals surface area contributed by atoms with Crippen molar-refractivity contribution in [3.05, 3.63) is 45.9 Å². The van der Waals surface area contributed by atoms with E-state index in [9.17, 15) is 14.7 Å². The molecule has 0 aliphatic heterocycles. The Hall–Kier alpha value is -2.27. The van der Waals surface area contributed by atoms with Gasteiger partial charge in [0, 0.05) is 8.73 Å². The van der Waals surface area contributed by atoms with E-state index in [2.05, 4.69) is 20.3 Å². The van der Waals surface area contributed by atoms with Crippen molar-refractivity contribution in [3.63, 3.8) is 0 Å². The number of para-hydroxylation sites is 1. The lowest BCUT2D eigenvalue weighted by Gasteiger charge is -2.05. The van der Waals surface area contributed by atoms with E-state index in [0.717, 1.165) is 0 Å². The number of phenolic OH excluding ortho intramolecular Hbond substituents is 1. The van der Waals surface area contributed by atoms with Crippen LogP contribution in [-0.2, 0) is 0 Å². The summed E-state index contributed by atoms with van der Waals surface area (Å²) in [7, 11) is -0.240. The van der Waals surface area contributed by atoms with Gasteiger partial charge in [-0.1, -0.05) is 12.1 Å². The molecule has 1 amide bonds. The maximum Gasteiger partial charge on any atom is 0.272 e. The van der Waals surface area contributed by atoms with Crippen molar-refractivity contribution in [2.24, 2.45) is 0 Å². The smallest absolute Gasteiger partial charge is 0.272 e. The zero-order valence-electron chi connectivity index (χ0n) is 9.97. The van der Waals surface area contributed by atoms with Gasteiger partial charge in [-0.15, -0.1) is 10.2 Å². The van der Waals surface area contributed by atoms with Crippen LogP contribution in [0.3, 0.4) is 0 Å². The SMILES string of the molecule is Cc1nnc(PNC(=O)c2ccccc2O)[nH]c1=O. The Balaban J connectivity index is 2.07. The highest BCUT2D eigenvalue weighted by molar-refractivity contribution is 7.45. The molecule has 98 valence electrons. The molecule has 0 spiro atoms. The predicted octanol–water partition coefficient (Wildman–Crippen LogP) is -0.172. The van der Waals surface area contributed by atoms with Gasteiger partial charge in [0.1, 0.15) is 11.4 Å². The summed E-state index contributed by atoms with van der Waals surface area (Å²) in [5.74, 6) is -0.548. The fraction of sp³-hybridized carbons (Fsp3) is 0.0909. The Morgan fingerprint density at radius 1 is 1.37 bits per heavy atom. The lowest BCUT2D eigenvalue weighted by atomic mass is 10.2. The molecule has 2 rings (SSSR count). The molecule has 0 saturated heterocycles. The summed E-state index contributed by atoms with van der Waals surface area (Å²) in [6, 6.07) is 6.19. The Bertz CT molecular complexity index is 671. The number of aromatic hydroxyl groups is 1. The van der Waals surface area contributed by atoms with Crippen molar-refractivity contribution in [1.29, 1.82) is 0 Å². The fourth-order valence-electron chi connectivity index (χ4n) is 1.30. The molecule has 1 aromatic carbocycles. The van der Waals surface area contributed by atoms with E-state index >= 15 is 0 Å². The van der Waals surface area contributed by atoms with Gasteiger partial charge >= 0.3 is 0 Å². The summed E-state index contributed by atoms with van der Waals surface area (Å²) < 4.78 is 0. The van der Waals surface area contributed by atoms with Crippen LogP contribution in [-0.4, -0.2) is 26.2 Å².